The molecule has 0 aliphatic carbocycles. The lowest BCUT2D eigenvalue weighted by Crippen LogP contribution is -2.25. The van der Waals surface area contributed by atoms with E-state index in [0.29, 0.717) is 18.8 Å². The summed E-state index contributed by atoms with van der Waals surface area (Å²) in [6.45, 7) is 11.2. The van der Waals surface area contributed by atoms with Crippen LogP contribution in [0.3, 0.4) is 0 Å². The molecular weight excluding hydrogens is 436 g/mol. The van der Waals surface area contributed by atoms with Crippen LogP contribution >= 0.6 is 0 Å². The quantitative estimate of drug-likeness (QED) is 0.310. The van der Waals surface area contributed by atoms with Crippen LogP contribution in [0.5, 0.6) is 5.75 Å². The van der Waals surface area contributed by atoms with Crippen LogP contribution in [0.4, 0.5) is 0 Å². The monoisotopic (exact) mass is 482 g/mol. The number of hydrogen-bond donors (Lipinski definition) is 7. The van der Waals surface area contributed by atoms with Crippen LogP contribution in [0.15, 0.2) is 42.5 Å². The molecule has 0 atom stereocenters. The average Bonchev–Trinajstić information content (AvgIpc) is 2.87. The summed E-state index contributed by atoms with van der Waals surface area (Å²) in [6, 6.07) is 14.9. The fraction of sp³-hybridized carbons (Fsp3) is 0.571. The molecule has 0 amide bonds. The Bertz CT molecular complexity index is 771. The van der Waals surface area contributed by atoms with E-state index in [-0.39, 0.29) is 0 Å². The summed E-state index contributed by atoms with van der Waals surface area (Å²) >= 11 is 0. The van der Waals surface area contributed by atoms with Gasteiger partial charge in [0, 0.05) is 37.3 Å². The molecule has 0 radical (unpaired) electrons. The highest BCUT2D eigenvalue weighted by Gasteiger charge is 2.06. The van der Waals surface area contributed by atoms with Gasteiger partial charge in [-0.25, -0.2) is 0 Å². The van der Waals surface area contributed by atoms with Crippen LogP contribution in [-0.2, 0) is 26.2 Å². The molecule has 7 nitrogen and oxygen atoms in total. The third kappa shape index (κ3) is 11.5. The average molecular weight is 483 g/mol. The standard InChI is InChI=1S/C28H46N6O/c35-28-26-9-2-10-27(28)23-34-18-6-14-30-12-4-16-32-21-25-8-1-7-24(19-25)20-31-15-3-11-29-13-5-17-33-22-26/h1-2,7-10,19,29-35H,3-6,11-18,20-23H2. The van der Waals surface area contributed by atoms with E-state index in [1.54, 1.807) is 0 Å². The van der Waals surface area contributed by atoms with Crippen molar-refractivity contribution in [2.24, 2.45) is 0 Å². The second-order valence-electron chi connectivity index (χ2n) is 9.37. The van der Waals surface area contributed by atoms with E-state index in [4.69, 9.17) is 0 Å². The molecule has 7 heteroatoms. The van der Waals surface area contributed by atoms with Crippen molar-refractivity contribution in [2.45, 2.75) is 51.9 Å². The van der Waals surface area contributed by atoms with Gasteiger partial charge in [0.15, 0.2) is 0 Å². The first-order chi connectivity index (χ1) is 17.3. The maximum absolute atomic E-state index is 10.6. The lowest BCUT2D eigenvalue weighted by atomic mass is 10.1. The summed E-state index contributed by atoms with van der Waals surface area (Å²) in [5.74, 6) is 0.420. The zero-order valence-electron chi connectivity index (χ0n) is 21.3. The van der Waals surface area contributed by atoms with E-state index in [2.05, 4.69) is 56.2 Å². The summed E-state index contributed by atoms with van der Waals surface area (Å²) < 4.78 is 0. The molecule has 4 bridgehead atoms. The molecule has 0 saturated heterocycles. The van der Waals surface area contributed by atoms with Gasteiger partial charge in [-0.2, -0.15) is 0 Å². The van der Waals surface area contributed by atoms with Gasteiger partial charge in [0.25, 0.3) is 0 Å². The maximum atomic E-state index is 10.6. The third-order valence-corrected chi connectivity index (χ3v) is 6.31. The smallest absolute Gasteiger partial charge is 0.124 e. The maximum Gasteiger partial charge on any atom is 0.124 e. The van der Waals surface area contributed by atoms with Crippen molar-refractivity contribution in [2.75, 3.05) is 52.4 Å². The molecule has 3 rings (SSSR count). The highest BCUT2D eigenvalue weighted by atomic mass is 16.3. The van der Waals surface area contributed by atoms with Crippen LogP contribution in [-0.4, -0.2) is 57.5 Å². The van der Waals surface area contributed by atoms with Crippen molar-refractivity contribution in [1.82, 2.24) is 31.9 Å². The number of fused-ring (bicyclic) bond motifs is 4. The van der Waals surface area contributed by atoms with Gasteiger partial charge >= 0.3 is 0 Å². The Morgan fingerprint density at radius 2 is 0.829 bits per heavy atom. The number of hydrogen-bond acceptors (Lipinski definition) is 7. The Balaban J connectivity index is 1.42. The molecular formula is C28H46N6O. The van der Waals surface area contributed by atoms with Crippen LogP contribution in [0.2, 0.25) is 0 Å². The SMILES string of the molecule is Oc1c2cccc1CNCCCNCCCNCc1cccc(c1)CNCCCNCCCNC2. The van der Waals surface area contributed by atoms with Gasteiger partial charge < -0.3 is 37.0 Å². The minimum absolute atomic E-state index is 0.420. The molecule has 35 heavy (non-hydrogen) atoms. The van der Waals surface area contributed by atoms with Gasteiger partial charge in [0.05, 0.1) is 0 Å². The van der Waals surface area contributed by atoms with Crippen molar-refractivity contribution < 1.29 is 5.11 Å². The van der Waals surface area contributed by atoms with Gasteiger partial charge in [-0.05, 0) is 89.2 Å². The van der Waals surface area contributed by atoms with E-state index in [0.717, 1.165) is 102 Å². The minimum Gasteiger partial charge on any atom is -0.507 e. The fourth-order valence-electron chi connectivity index (χ4n) is 4.29. The predicted molar refractivity (Wildman–Crippen MR) is 146 cm³/mol. The highest BCUT2D eigenvalue weighted by molar-refractivity contribution is 5.40. The number of nitrogens with one attached hydrogen (secondary N) is 6. The van der Waals surface area contributed by atoms with Gasteiger partial charge in [-0.1, -0.05) is 42.5 Å². The van der Waals surface area contributed by atoms with E-state index in [1.165, 1.54) is 11.1 Å². The topological polar surface area (TPSA) is 92.4 Å². The first-order valence-electron chi connectivity index (χ1n) is 13.4. The summed E-state index contributed by atoms with van der Waals surface area (Å²) in [7, 11) is 0. The molecule has 0 saturated carbocycles. The third-order valence-electron chi connectivity index (χ3n) is 6.31. The van der Waals surface area contributed by atoms with Gasteiger partial charge in [-0.3, -0.25) is 0 Å². The lowest BCUT2D eigenvalue weighted by Gasteiger charge is -2.12. The van der Waals surface area contributed by atoms with E-state index < -0.39 is 0 Å². The fourth-order valence-corrected chi connectivity index (χ4v) is 4.29. The minimum atomic E-state index is 0.420. The Morgan fingerprint density at radius 3 is 1.29 bits per heavy atom. The van der Waals surface area contributed by atoms with Gasteiger partial charge in [-0.15, -0.1) is 0 Å². The molecule has 1 aliphatic heterocycles. The molecule has 2 aromatic rings. The van der Waals surface area contributed by atoms with Crippen molar-refractivity contribution in [3.05, 3.63) is 64.7 Å². The molecule has 0 aromatic heterocycles. The Kier molecular flexibility index (Phi) is 13.7. The lowest BCUT2D eigenvalue weighted by molar-refractivity contribution is 0.453. The van der Waals surface area contributed by atoms with E-state index in [1.807, 2.05) is 18.2 Å². The summed E-state index contributed by atoms with van der Waals surface area (Å²) in [6.07, 6.45) is 4.39. The number of rotatable bonds is 0. The Hall–Kier alpha value is -2.00. The largest absolute Gasteiger partial charge is 0.507 e. The zero-order valence-corrected chi connectivity index (χ0v) is 21.3. The second kappa shape index (κ2) is 17.4. The van der Waals surface area contributed by atoms with Crippen molar-refractivity contribution >= 4 is 0 Å². The first kappa shape index (κ1) is 27.6. The Labute approximate surface area is 211 Å². The van der Waals surface area contributed by atoms with E-state index in [9.17, 15) is 5.11 Å². The predicted octanol–water partition coefficient (Wildman–Crippen LogP) is 2.20. The number of phenols is 1. The van der Waals surface area contributed by atoms with Crippen molar-refractivity contribution in [3.63, 3.8) is 0 Å². The number of para-hydroxylation sites is 1. The normalized spacial score (nSPS) is 19.3. The molecule has 1 heterocycles. The van der Waals surface area contributed by atoms with Crippen LogP contribution < -0.4 is 31.9 Å². The van der Waals surface area contributed by atoms with Crippen LogP contribution in [0.1, 0.15) is 47.9 Å². The molecule has 0 unspecified atom stereocenters. The Morgan fingerprint density at radius 1 is 0.457 bits per heavy atom. The molecule has 0 spiro atoms. The van der Waals surface area contributed by atoms with Crippen LogP contribution in [0.25, 0.3) is 0 Å². The summed E-state index contributed by atoms with van der Waals surface area (Å²) in [5, 5.41) is 31.7. The molecule has 7 N–H and O–H groups in total. The molecule has 194 valence electrons. The zero-order chi connectivity index (χ0) is 24.4. The second-order valence-corrected chi connectivity index (χ2v) is 9.37. The number of benzene rings is 2. The summed E-state index contributed by atoms with van der Waals surface area (Å²) in [4.78, 5) is 0. The van der Waals surface area contributed by atoms with Gasteiger partial charge in [0.1, 0.15) is 5.75 Å². The molecule has 2 aromatic carbocycles. The number of aromatic hydroxyl groups is 1. The highest BCUT2D eigenvalue weighted by Crippen LogP contribution is 2.22. The molecule has 0 fully saturated rings. The van der Waals surface area contributed by atoms with Crippen molar-refractivity contribution in [3.8, 4) is 5.75 Å². The first-order valence-corrected chi connectivity index (χ1v) is 13.4. The van der Waals surface area contributed by atoms with Crippen LogP contribution in [0, 0.1) is 0 Å². The van der Waals surface area contributed by atoms with E-state index >= 15 is 0 Å². The summed E-state index contributed by atoms with van der Waals surface area (Å²) in [5.41, 5.74) is 4.64. The molecule has 1 aliphatic rings. The number of phenolic OH excluding ortho intramolecular Hbond substituents is 1. The van der Waals surface area contributed by atoms with Gasteiger partial charge in [0.2, 0.25) is 0 Å². The van der Waals surface area contributed by atoms with Crippen molar-refractivity contribution in [1.29, 1.82) is 0 Å².